The fourth-order valence-corrected chi connectivity index (χ4v) is 2.23. The Morgan fingerprint density at radius 3 is 2.65 bits per heavy atom. The lowest BCUT2D eigenvalue weighted by Gasteiger charge is -2.06. The molecule has 4 nitrogen and oxygen atoms in total. The van der Waals surface area contributed by atoms with Gasteiger partial charge in [-0.3, -0.25) is 4.79 Å². The van der Waals surface area contributed by atoms with Crippen LogP contribution in [0.3, 0.4) is 0 Å². The molecule has 0 saturated heterocycles. The van der Waals surface area contributed by atoms with Crippen molar-refractivity contribution in [3.63, 3.8) is 0 Å². The number of hydrogen-bond donors (Lipinski definition) is 2. The van der Waals surface area contributed by atoms with Gasteiger partial charge in [-0.15, -0.1) is 0 Å². The van der Waals surface area contributed by atoms with Gasteiger partial charge in [0.2, 0.25) is 0 Å². The molecule has 3 N–H and O–H groups in total. The smallest absolute Gasteiger partial charge is 0.272 e. The molecule has 0 bridgehead atoms. The van der Waals surface area contributed by atoms with Gasteiger partial charge in [-0.05, 0) is 29.3 Å². The van der Waals surface area contributed by atoms with Crippen molar-refractivity contribution in [3.05, 3.63) is 64.3 Å². The van der Waals surface area contributed by atoms with Gasteiger partial charge in [-0.25, -0.2) is 9.49 Å². The van der Waals surface area contributed by atoms with Crippen LogP contribution in [0.15, 0.2) is 47.3 Å². The number of rotatable bonds is 2. The van der Waals surface area contributed by atoms with E-state index in [4.69, 9.17) is 5.73 Å². The van der Waals surface area contributed by atoms with Crippen molar-refractivity contribution in [1.82, 2.24) is 10.2 Å². The maximum atomic E-state index is 13.3. The van der Waals surface area contributed by atoms with E-state index in [9.17, 15) is 9.18 Å². The fourth-order valence-electron chi connectivity index (χ4n) is 2.23. The lowest BCUT2D eigenvalue weighted by atomic mass is 10.0. The van der Waals surface area contributed by atoms with Crippen molar-refractivity contribution in [2.75, 3.05) is 0 Å². The Bertz CT molecular complexity index is 842. The number of aromatic amines is 1. The fraction of sp³-hybridized carbons (Fsp3) is 0.0667. The zero-order chi connectivity index (χ0) is 14.1. The molecular formula is C15H12FN3O. The Morgan fingerprint density at radius 2 is 1.90 bits per heavy atom. The van der Waals surface area contributed by atoms with Gasteiger partial charge in [0, 0.05) is 11.9 Å². The summed E-state index contributed by atoms with van der Waals surface area (Å²) in [5.41, 5.74) is 7.44. The first-order valence-corrected chi connectivity index (χ1v) is 6.16. The number of hydrogen-bond acceptors (Lipinski definition) is 3. The predicted molar refractivity (Wildman–Crippen MR) is 75.6 cm³/mol. The monoisotopic (exact) mass is 269 g/mol. The highest BCUT2D eigenvalue weighted by Gasteiger charge is 2.07. The molecule has 20 heavy (non-hydrogen) atoms. The number of nitrogens with two attached hydrogens (primary N) is 1. The highest BCUT2D eigenvalue weighted by Crippen LogP contribution is 2.24. The Morgan fingerprint density at radius 1 is 1.10 bits per heavy atom. The highest BCUT2D eigenvalue weighted by molar-refractivity contribution is 5.88. The number of aromatic nitrogens is 2. The zero-order valence-corrected chi connectivity index (χ0v) is 10.6. The second-order valence-corrected chi connectivity index (χ2v) is 4.47. The van der Waals surface area contributed by atoms with Crippen LogP contribution in [-0.4, -0.2) is 10.2 Å². The van der Waals surface area contributed by atoms with Crippen molar-refractivity contribution < 1.29 is 4.39 Å². The van der Waals surface area contributed by atoms with Gasteiger partial charge >= 0.3 is 0 Å². The van der Waals surface area contributed by atoms with E-state index in [-0.39, 0.29) is 17.9 Å². The van der Waals surface area contributed by atoms with Crippen LogP contribution in [0.4, 0.5) is 4.39 Å². The van der Waals surface area contributed by atoms with E-state index in [1.807, 2.05) is 6.07 Å². The number of H-pyrrole nitrogens is 1. The molecule has 0 aliphatic carbocycles. The minimum atomic E-state index is -0.311. The van der Waals surface area contributed by atoms with Gasteiger partial charge < -0.3 is 5.73 Å². The molecule has 1 aromatic heterocycles. The molecule has 0 unspecified atom stereocenters. The summed E-state index contributed by atoms with van der Waals surface area (Å²) < 4.78 is 13.3. The predicted octanol–water partition coefficient (Wildman–Crippen LogP) is 2.19. The molecular weight excluding hydrogens is 257 g/mol. The maximum absolute atomic E-state index is 13.3. The summed E-state index contributed by atoms with van der Waals surface area (Å²) in [6, 6.07) is 11.6. The summed E-state index contributed by atoms with van der Waals surface area (Å²) in [4.78, 5) is 11.9. The van der Waals surface area contributed by atoms with Crippen LogP contribution in [0.5, 0.6) is 0 Å². The molecule has 0 aliphatic rings. The normalized spacial score (nSPS) is 10.9. The Labute approximate surface area is 114 Å². The van der Waals surface area contributed by atoms with E-state index >= 15 is 0 Å². The Balaban J connectivity index is 2.26. The summed E-state index contributed by atoms with van der Waals surface area (Å²) in [6.07, 6.45) is 0. The number of nitrogens with one attached hydrogen (secondary N) is 1. The van der Waals surface area contributed by atoms with Crippen LogP contribution in [0, 0.1) is 5.82 Å². The molecule has 0 amide bonds. The molecule has 5 heteroatoms. The van der Waals surface area contributed by atoms with Crippen LogP contribution in [0.2, 0.25) is 0 Å². The van der Waals surface area contributed by atoms with Gasteiger partial charge in [0.05, 0.1) is 11.1 Å². The first-order chi connectivity index (χ1) is 9.69. The molecule has 100 valence electrons. The minimum Gasteiger partial charge on any atom is -0.325 e. The van der Waals surface area contributed by atoms with E-state index < -0.39 is 0 Å². The highest BCUT2D eigenvalue weighted by atomic mass is 19.1. The summed E-state index contributed by atoms with van der Waals surface area (Å²) in [7, 11) is 0. The molecule has 0 spiro atoms. The lowest BCUT2D eigenvalue weighted by Crippen LogP contribution is -2.13. The number of halogens is 1. The Hall–Kier alpha value is -2.53. The number of fused-ring (bicyclic) bond motifs is 1. The van der Waals surface area contributed by atoms with Gasteiger partial charge in [-0.1, -0.05) is 24.3 Å². The van der Waals surface area contributed by atoms with Gasteiger partial charge in [0.15, 0.2) is 0 Å². The van der Waals surface area contributed by atoms with E-state index in [2.05, 4.69) is 10.2 Å². The molecule has 0 radical (unpaired) electrons. The molecule has 0 saturated carbocycles. The molecule has 3 rings (SSSR count). The van der Waals surface area contributed by atoms with Crippen molar-refractivity contribution in [3.8, 4) is 11.1 Å². The first-order valence-electron chi connectivity index (χ1n) is 6.16. The van der Waals surface area contributed by atoms with Crippen molar-refractivity contribution >= 4 is 10.8 Å². The van der Waals surface area contributed by atoms with Crippen LogP contribution in [0.1, 0.15) is 5.69 Å². The average Bonchev–Trinajstić information content (AvgIpc) is 2.47. The zero-order valence-electron chi connectivity index (χ0n) is 10.6. The molecule has 0 fully saturated rings. The number of nitrogens with zero attached hydrogens (tertiary/aromatic N) is 1. The van der Waals surface area contributed by atoms with Crippen molar-refractivity contribution in [2.24, 2.45) is 5.73 Å². The SMILES string of the molecule is NCc1n[nH]c(=O)c2cc(-c3cccc(F)c3)ccc12. The van der Waals surface area contributed by atoms with Crippen LogP contribution >= 0.6 is 0 Å². The lowest BCUT2D eigenvalue weighted by molar-refractivity contribution is 0.628. The molecule has 1 heterocycles. The summed E-state index contributed by atoms with van der Waals surface area (Å²) >= 11 is 0. The third-order valence-corrected chi connectivity index (χ3v) is 3.22. The second kappa shape index (κ2) is 4.86. The second-order valence-electron chi connectivity index (χ2n) is 4.47. The van der Waals surface area contributed by atoms with E-state index in [1.54, 1.807) is 24.3 Å². The van der Waals surface area contributed by atoms with Crippen molar-refractivity contribution in [1.29, 1.82) is 0 Å². The third-order valence-electron chi connectivity index (χ3n) is 3.22. The van der Waals surface area contributed by atoms with E-state index in [1.165, 1.54) is 12.1 Å². The molecule has 0 aliphatic heterocycles. The molecule has 2 aromatic carbocycles. The Kier molecular flexibility index (Phi) is 3.04. The average molecular weight is 269 g/mol. The van der Waals surface area contributed by atoms with Crippen LogP contribution < -0.4 is 11.3 Å². The van der Waals surface area contributed by atoms with E-state index in [0.29, 0.717) is 11.1 Å². The van der Waals surface area contributed by atoms with Crippen LogP contribution in [-0.2, 0) is 6.54 Å². The van der Waals surface area contributed by atoms with Crippen molar-refractivity contribution in [2.45, 2.75) is 6.54 Å². The minimum absolute atomic E-state index is 0.243. The number of benzene rings is 2. The topological polar surface area (TPSA) is 71.8 Å². The molecule has 3 aromatic rings. The van der Waals surface area contributed by atoms with Gasteiger partial charge in [0.1, 0.15) is 5.82 Å². The van der Waals surface area contributed by atoms with Gasteiger partial charge in [-0.2, -0.15) is 5.10 Å². The van der Waals surface area contributed by atoms with Crippen LogP contribution in [0.25, 0.3) is 21.9 Å². The first kappa shape index (κ1) is 12.5. The standard InChI is InChI=1S/C15H12FN3O/c16-11-3-1-2-9(6-11)10-4-5-12-13(7-10)15(20)19-18-14(12)8-17/h1-7H,8,17H2,(H,19,20). The van der Waals surface area contributed by atoms with E-state index in [0.717, 1.165) is 16.5 Å². The quantitative estimate of drug-likeness (QED) is 0.749. The maximum Gasteiger partial charge on any atom is 0.272 e. The summed E-state index contributed by atoms with van der Waals surface area (Å²) in [6.45, 7) is 0.243. The summed E-state index contributed by atoms with van der Waals surface area (Å²) in [5, 5.41) is 7.56. The third kappa shape index (κ3) is 2.08. The van der Waals surface area contributed by atoms with Gasteiger partial charge in [0.25, 0.3) is 5.56 Å². The largest absolute Gasteiger partial charge is 0.325 e. The summed E-state index contributed by atoms with van der Waals surface area (Å²) in [5.74, 6) is -0.311. The molecule has 0 atom stereocenters.